The molecule has 0 atom stereocenters. The van der Waals surface area contributed by atoms with Gasteiger partial charge in [-0.2, -0.15) is 8.78 Å². The molecule has 0 aliphatic rings. The molecule has 0 radical (unpaired) electrons. The second kappa shape index (κ2) is 3.36. The number of nitro groups is 1. The Balaban J connectivity index is 3.26. The summed E-state index contributed by atoms with van der Waals surface area (Å²) in [6, 6.07) is 0.592. The van der Waals surface area contributed by atoms with Gasteiger partial charge in [0.2, 0.25) is 0 Å². The molecule has 0 fully saturated rings. The van der Waals surface area contributed by atoms with Crippen molar-refractivity contribution < 1.29 is 18.5 Å². The molecule has 0 bridgehead atoms. The van der Waals surface area contributed by atoms with Gasteiger partial charge in [-0.05, 0) is 4.92 Å². The first-order valence-corrected chi connectivity index (χ1v) is 3.25. The largest absolute Gasteiger partial charge is 0.391 e. The van der Waals surface area contributed by atoms with Crippen LogP contribution in [0.1, 0.15) is 17.0 Å². The number of halogens is 2. The van der Waals surface area contributed by atoms with Crippen molar-refractivity contribution in [3.05, 3.63) is 21.9 Å². The van der Waals surface area contributed by atoms with Crippen molar-refractivity contribution in [1.82, 2.24) is 9.78 Å². The number of alkyl halides is 2. The van der Waals surface area contributed by atoms with Crippen molar-refractivity contribution >= 4 is 11.7 Å². The maximum atomic E-state index is 12.1. The number of carbonyl (C=O) groups excluding carboxylic acids is 1. The van der Waals surface area contributed by atoms with Gasteiger partial charge < -0.3 is 15.8 Å². The maximum Gasteiger partial charge on any atom is 0.391 e. The fourth-order valence-electron chi connectivity index (χ4n) is 0.804. The lowest BCUT2D eigenvalue weighted by Gasteiger charge is -1.95. The maximum absolute atomic E-state index is 12.1. The summed E-state index contributed by atoms with van der Waals surface area (Å²) in [6.45, 7) is -3.15. The molecule has 76 valence electrons. The molecular weight excluding hydrogens is 202 g/mol. The second-order valence-corrected chi connectivity index (χ2v) is 2.23. The molecule has 1 rings (SSSR count). The zero-order valence-electron chi connectivity index (χ0n) is 6.55. The third-order valence-corrected chi connectivity index (χ3v) is 1.35. The standard InChI is InChI=1S/C5H4F2N4O3/c6-5(7)10-2(4(8)12)1-3(9-10)11(13)14/h1,5H,(H2,8,12). The fraction of sp³-hybridized carbons (Fsp3) is 0.200. The normalized spacial score (nSPS) is 10.5. The number of rotatable bonds is 3. The number of nitrogens with two attached hydrogens (primary N) is 1. The molecular formula is C5H4F2N4O3. The van der Waals surface area contributed by atoms with Gasteiger partial charge in [-0.25, -0.2) is 0 Å². The minimum atomic E-state index is -3.15. The van der Waals surface area contributed by atoms with Gasteiger partial charge in [0.1, 0.15) is 0 Å². The minimum Gasteiger partial charge on any atom is -0.364 e. The van der Waals surface area contributed by atoms with E-state index in [2.05, 4.69) is 5.10 Å². The number of carbonyl (C=O) groups is 1. The van der Waals surface area contributed by atoms with E-state index in [1.807, 2.05) is 0 Å². The molecule has 1 aromatic heterocycles. The first-order valence-electron chi connectivity index (χ1n) is 3.25. The van der Waals surface area contributed by atoms with Crippen LogP contribution in [0.3, 0.4) is 0 Å². The zero-order chi connectivity index (χ0) is 10.9. The predicted octanol–water partition coefficient (Wildman–Crippen LogP) is 0.285. The highest BCUT2D eigenvalue weighted by atomic mass is 19.3. The van der Waals surface area contributed by atoms with Gasteiger partial charge in [-0.15, -0.1) is 4.68 Å². The molecule has 0 spiro atoms. The van der Waals surface area contributed by atoms with E-state index in [4.69, 9.17) is 5.73 Å². The van der Waals surface area contributed by atoms with E-state index in [0.717, 1.165) is 0 Å². The van der Waals surface area contributed by atoms with Gasteiger partial charge in [-0.1, -0.05) is 0 Å². The summed E-state index contributed by atoms with van der Waals surface area (Å²) in [7, 11) is 0. The third-order valence-electron chi connectivity index (χ3n) is 1.35. The molecule has 0 unspecified atom stereocenters. The summed E-state index contributed by atoms with van der Waals surface area (Å²) < 4.78 is 24.2. The summed E-state index contributed by atoms with van der Waals surface area (Å²) in [5.74, 6) is -2.05. The Labute approximate surface area is 75.3 Å². The number of nitrogens with zero attached hydrogens (tertiary/aromatic N) is 3. The number of primary amides is 1. The van der Waals surface area contributed by atoms with Gasteiger partial charge >= 0.3 is 12.4 Å². The van der Waals surface area contributed by atoms with Gasteiger partial charge in [0.15, 0.2) is 5.69 Å². The first kappa shape index (κ1) is 10.0. The van der Waals surface area contributed by atoms with E-state index in [1.165, 1.54) is 0 Å². The summed E-state index contributed by atoms with van der Waals surface area (Å²) in [5.41, 5.74) is 4.01. The number of aromatic nitrogens is 2. The molecule has 1 amide bonds. The van der Waals surface area contributed by atoms with Crippen LogP contribution in [0.15, 0.2) is 6.07 Å². The Morgan fingerprint density at radius 1 is 1.71 bits per heavy atom. The Hall–Kier alpha value is -2.06. The molecule has 1 aromatic rings. The molecule has 0 aliphatic carbocycles. The van der Waals surface area contributed by atoms with E-state index < -0.39 is 28.9 Å². The van der Waals surface area contributed by atoms with Crippen LogP contribution in [0.5, 0.6) is 0 Å². The summed E-state index contributed by atoms with van der Waals surface area (Å²) in [5, 5.41) is 13.0. The fourth-order valence-corrected chi connectivity index (χ4v) is 0.804. The average Bonchev–Trinajstić information content (AvgIpc) is 2.47. The molecule has 1 heterocycles. The first-order chi connectivity index (χ1) is 6.43. The summed E-state index contributed by atoms with van der Waals surface area (Å²) in [6.07, 6.45) is 0. The highest BCUT2D eigenvalue weighted by molar-refractivity contribution is 5.91. The summed E-state index contributed by atoms with van der Waals surface area (Å²) >= 11 is 0. The van der Waals surface area contributed by atoms with Crippen molar-refractivity contribution in [2.75, 3.05) is 0 Å². The predicted molar refractivity (Wildman–Crippen MR) is 38.7 cm³/mol. The van der Waals surface area contributed by atoms with Crippen LogP contribution in [0.4, 0.5) is 14.6 Å². The smallest absolute Gasteiger partial charge is 0.364 e. The molecule has 9 heteroatoms. The molecule has 0 aromatic carbocycles. The molecule has 0 saturated heterocycles. The van der Waals surface area contributed by atoms with Crippen molar-refractivity contribution in [1.29, 1.82) is 0 Å². The lowest BCUT2D eigenvalue weighted by atomic mass is 10.4. The van der Waals surface area contributed by atoms with Crippen molar-refractivity contribution in [2.24, 2.45) is 5.73 Å². The monoisotopic (exact) mass is 206 g/mol. The van der Waals surface area contributed by atoms with Crippen molar-refractivity contribution in [2.45, 2.75) is 6.55 Å². The van der Waals surface area contributed by atoms with Crippen LogP contribution < -0.4 is 5.73 Å². The number of hydrogen-bond donors (Lipinski definition) is 1. The van der Waals surface area contributed by atoms with Crippen LogP contribution in [0, 0.1) is 10.1 Å². The zero-order valence-corrected chi connectivity index (χ0v) is 6.55. The van der Waals surface area contributed by atoms with Crippen molar-refractivity contribution in [3.8, 4) is 0 Å². The number of amides is 1. The Kier molecular flexibility index (Phi) is 2.40. The lowest BCUT2D eigenvalue weighted by Crippen LogP contribution is -2.18. The average molecular weight is 206 g/mol. The van der Waals surface area contributed by atoms with Gasteiger partial charge in [0.05, 0.1) is 11.2 Å². The van der Waals surface area contributed by atoms with Crippen molar-refractivity contribution in [3.63, 3.8) is 0 Å². The Bertz CT molecular complexity index is 388. The van der Waals surface area contributed by atoms with E-state index in [-0.39, 0.29) is 4.68 Å². The quantitative estimate of drug-likeness (QED) is 0.566. The SMILES string of the molecule is NC(=O)c1cc([N+](=O)[O-])nn1C(F)F. The van der Waals surface area contributed by atoms with Crippen LogP contribution >= 0.6 is 0 Å². The van der Waals surface area contributed by atoms with Crippen LogP contribution in [0.2, 0.25) is 0 Å². The van der Waals surface area contributed by atoms with Crippen LogP contribution in [0.25, 0.3) is 0 Å². The lowest BCUT2D eigenvalue weighted by molar-refractivity contribution is -0.390. The van der Waals surface area contributed by atoms with Crippen LogP contribution in [-0.2, 0) is 0 Å². The second-order valence-electron chi connectivity index (χ2n) is 2.23. The van der Waals surface area contributed by atoms with Crippen LogP contribution in [-0.4, -0.2) is 20.6 Å². The number of hydrogen-bond acceptors (Lipinski definition) is 4. The summed E-state index contributed by atoms with van der Waals surface area (Å²) in [4.78, 5) is 19.7. The minimum absolute atomic E-state index is 0.0968. The van der Waals surface area contributed by atoms with Gasteiger partial charge in [-0.3, -0.25) is 4.79 Å². The van der Waals surface area contributed by atoms with Gasteiger partial charge in [0.25, 0.3) is 5.91 Å². The topological polar surface area (TPSA) is 104 Å². The van der Waals surface area contributed by atoms with E-state index in [0.29, 0.717) is 6.07 Å². The molecule has 0 aliphatic heterocycles. The molecule has 2 N–H and O–H groups in total. The van der Waals surface area contributed by atoms with E-state index in [1.54, 1.807) is 0 Å². The molecule has 7 nitrogen and oxygen atoms in total. The molecule has 14 heavy (non-hydrogen) atoms. The Morgan fingerprint density at radius 2 is 2.29 bits per heavy atom. The molecule has 0 saturated carbocycles. The van der Waals surface area contributed by atoms with E-state index >= 15 is 0 Å². The third kappa shape index (κ3) is 1.65. The highest BCUT2D eigenvalue weighted by Gasteiger charge is 2.26. The highest BCUT2D eigenvalue weighted by Crippen LogP contribution is 2.17. The Morgan fingerprint density at radius 3 is 2.57 bits per heavy atom. The van der Waals surface area contributed by atoms with E-state index in [9.17, 15) is 23.7 Å². The van der Waals surface area contributed by atoms with Gasteiger partial charge in [0, 0.05) is 0 Å².